The van der Waals surface area contributed by atoms with Crippen LogP contribution >= 0.6 is 0 Å². The minimum Gasteiger partial charge on any atom is -0.446 e. The quantitative estimate of drug-likeness (QED) is 0.185. The molecule has 198 valence electrons. The SMILES string of the molecule is O=C(CCN1C(=O)CCC1=O)NCCOCCOCCOCCNC(=O)O[C@@H]1CC/C=C\CCC1. The Morgan fingerprint density at radius 3 is 2.11 bits per heavy atom. The molecule has 0 radical (unpaired) electrons. The van der Waals surface area contributed by atoms with E-state index in [1.807, 2.05) is 0 Å². The highest BCUT2D eigenvalue weighted by Crippen LogP contribution is 2.15. The average Bonchev–Trinajstić information content (AvgIpc) is 3.14. The molecule has 1 aliphatic heterocycles. The number of carbonyl (C=O) groups excluding carboxylic acids is 4. The van der Waals surface area contributed by atoms with E-state index in [1.165, 1.54) is 0 Å². The Kier molecular flexibility index (Phi) is 14.7. The normalized spacial score (nSPS) is 19.2. The lowest BCUT2D eigenvalue weighted by Crippen LogP contribution is -2.35. The summed E-state index contributed by atoms with van der Waals surface area (Å²) in [4.78, 5) is 47.7. The Morgan fingerprint density at radius 2 is 1.43 bits per heavy atom. The van der Waals surface area contributed by atoms with Crippen molar-refractivity contribution in [2.24, 2.45) is 0 Å². The van der Waals surface area contributed by atoms with Gasteiger partial charge in [-0.15, -0.1) is 0 Å². The van der Waals surface area contributed by atoms with Crippen LogP contribution in [0.3, 0.4) is 0 Å². The number of ether oxygens (including phenoxy) is 4. The lowest BCUT2D eigenvalue weighted by Gasteiger charge is -2.18. The summed E-state index contributed by atoms with van der Waals surface area (Å²) in [6, 6.07) is 0. The molecule has 4 amide bonds. The number of alkyl carbamates (subject to hydrolysis) is 1. The first-order chi connectivity index (χ1) is 17.1. The van der Waals surface area contributed by atoms with Gasteiger partial charge in [0.15, 0.2) is 0 Å². The lowest BCUT2D eigenvalue weighted by molar-refractivity contribution is -0.138. The predicted molar refractivity (Wildman–Crippen MR) is 127 cm³/mol. The number of hydrogen-bond donors (Lipinski definition) is 2. The van der Waals surface area contributed by atoms with Crippen molar-refractivity contribution in [2.45, 2.75) is 57.5 Å². The van der Waals surface area contributed by atoms with Gasteiger partial charge in [-0.2, -0.15) is 0 Å². The highest BCUT2D eigenvalue weighted by molar-refractivity contribution is 6.02. The minimum atomic E-state index is -0.399. The summed E-state index contributed by atoms with van der Waals surface area (Å²) >= 11 is 0. The third-order valence-electron chi connectivity index (χ3n) is 5.54. The Labute approximate surface area is 206 Å². The van der Waals surface area contributed by atoms with Gasteiger partial charge in [-0.3, -0.25) is 19.3 Å². The fourth-order valence-corrected chi connectivity index (χ4v) is 3.64. The molecule has 35 heavy (non-hydrogen) atoms. The summed E-state index contributed by atoms with van der Waals surface area (Å²) in [7, 11) is 0. The molecular formula is C24H39N3O8. The zero-order valence-electron chi connectivity index (χ0n) is 20.5. The molecule has 1 saturated heterocycles. The second-order valence-electron chi connectivity index (χ2n) is 8.31. The molecule has 0 bridgehead atoms. The van der Waals surface area contributed by atoms with Crippen molar-refractivity contribution < 1.29 is 38.1 Å². The monoisotopic (exact) mass is 497 g/mol. The van der Waals surface area contributed by atoms with Crippen LogP contribution in [0.1, 0.15) is 51.4 Å². The molecule has 0 aromatic carbocycles. The molecule has 2 N–H and O–H groups in total. The Bertz CT molecular complexity index is 684. The molecule has 1 aliphatic carbocycles. The first-order valence-electron chi connectivity index (χ1n) is 12.5. The van der Waals surface area contributed by atoms with Gasteiger partial charge in [0.05, 0.1) is 39.6 Å². The van der Waals surface area contributed by atoms with Gasteiger partial charge < -0.3 is 29.6 Å². The molecule has 2 rings (SSSR count). The molecule has 0 saturated carbocycles. The van der Waals surface area contributed by atoms with Crippen LogP contribution in [0, 0.1) is 0 Å². The molecule has 1 atom stereocenters. The van der Waals surface area contributed by atoms with Crippen molar-refractivity contribution in [3.63, 3.8) is 0 Å². The van der Waals surface area contributed by atoms with Gasteiger partial charge in [0, 0.05) is 38.9 Å². The Morgan fingerprint density at radius 1 is 0.829 bits per heavy atom. The number of hydrogen-bond acceptors (Lipinski definition) is 8. The van der Waals surface area contributed by atoms with E-state index in [-0.39, 0.29) is 49.6 Å². The number of likely N-dealkylation sites (tertiary alicyclic amines) is 1. The summed E-state index contributed by atoms with van der Waals surface area (Å²) in [5.74, 6) is -0.660. The van der Waals surface area contributed by atoms with E-state index in [0.29, 0.717) is 52.7 Å². The molecule has 11 nitrogen and oxygen atoms in total. The predicted octanol–water partition coefficient (Wildman–Crippen LogP) is 1.31. The van der Waals surface area contributed by atoms with E-state index in [1.54, 1.807) is 0 Å². The van der Waals surface area contributed by atoms with Crippen molar-refractivity contribution >= 4 is 23.8 Å². The molecule has 0 aromatic rings. The zero-order valence-corrected chi connectivity index (χ0v) is 20.5. The standard InChI is InChI=1S/C24H39N3O8/c28-21(10-13-27-22(29)8-9-23(27)30)25-11-14-32-16-18-34-19-17-33-15-12-26-24(31)35-20-6-4-2-1-3-5-7-20/h1-2,20H,3-19H2,(H,25,28)(H,26,31)/b2-1-/t20-/m1/s1. The molecule has 0 spiro atoms. The van der Waals surface area contributed by atoms with Gasteiger partial charge in [-0.1, -0.05) is 12.2 Å². The number of nitrogens with zero attached hydrogens (tertiary/aromatic N) is 1. The number of rotatable bonds is 16. The fourth-order valence-electron chi connectivity index (χ4n) is 3.64. The van der Waals surface area contributed by atoms with Crippen molar-refractivity contribution in [1.29, 1.82) is 0 Å². The maximum absolute atomic E-state index is 11.8. The van der Waals surface area contributed by atoms with Crippen LogP contribution in [0.25, 0.3) is 0 Å². The smallest absolute Gasteiger partial charge is 0.407 e. The van der Waals surface area contributed by atoms with Crippen LogP contribution in [0.4, 0.5) is 4.79 Å². The van der Waals surface area contributed by atoms with Gasteiger partial charge in [0.2, 0.25) is 17.7 Å². The maximum Gasteiger partial charge on any atom is 0.407 e. The van der Waals surface area contributed by atoms with Gasteiger partial charge in [-0.25, -0.2) is 4.79 Å². The van der Waals surface area contributed by atoms with E-state index in [9.17, 15) is 19.2 Å². The molecule has 11 heteroatoms. The minimum absolute atomic E-state index is 0.0218. The first-order valence-corrected chi connectivity index (χ1v) is 12.5. The van der Waals surface area contributed by atoms with Gasteiger partial charge >= 0.3 is 6.09 Å². The lowest BCUT2D eigenvalue weighted by atomic mass is 10.0. The van der Waals surface area contributed by atoms with E-state index in [2.05, 4.69) is 22.8 Å². The summed E-state index contributed by atoms with van der Waals surface area (Å²) in [5.41, 5.74) is 0. The molecule has 0 unspecified atom stereocenters. The first kappa shape index (κ1) is 28.7. The number of allylic oxidation sites excluding steroid dienone is 2. The topological polar surface area (TPSA) is 132 Å². The van der Waals surface area contributed by atoms with Crippen molar-refractivity contribution in [2.75, 3.05) is 59.3 Å². The molecule has 2 aliphatic rings. The molecule has 0 aromatic heterocycles. The Hall–Kier alpha value is -2.50. The number of nitrogens with one attached hydrogen (secondary N) is 2. The van der Waals surface area contributed by atoms with E-state index >= 15 is 0 Å². The number of amides is 4. The third-order valence-corrected chi connectivity index (χ3v) is 5.54. The third kappa shape index (κ3) is 13.2. The van der Waals surface area contributed by atoms with Gasteiger partial charge in [-0.05, 0) is 32.1 Å². The summed E-state index contributed by atoms with van der Waals surface area (Å²) in [6.45, 7) is 3.17. The summed E-state index contributed by atoms with van der Waals surface area (Å²) < 4.78 is 21.7. The van der Waals surface area contributed by atoms with Crippen LogP contribution in [-0.4, -0.2) is 94.1 Å². The van der Waals surface area contributed by atoms with Crippen molar-refractivity contribution in [1.82, 2.24) is 15.5 Å². The van der Waals surface area contributed by atoms with Crippen molar-refractivity contribution in [3.8, 4) is 0 Å². The van der Waals surface area contributed by atoms with Crippen LogP contribution in [0.5, 0.6) is 0 Å². The molecule has 1 heterocycles. The van der Waals surface area contributed by atoms with E-state index in [4.69, 9.17) is 18.9 Å². The van der Waals surface area contributed by atoms with Crippen molar-refractivity contribution in [3.05, 3.63) is 12.2 Å². The van der Waals surface area contributed by atoms with Gasteiger partial charge in [0.1, 0.15) is 6.10 Å². The number of carbonyl (C=O) groups is 4. The zero-order chi connectivity index (χ0) is 25.1. The highest BCUT2D eigenvalue weighted by atomic mass is 16.6. The van der Waals surface area contributed by atoms with Crippen LogP contribution < -0.4 is 10.6 Å². The summed E-state index contributed by atoms with van der Waals surface area (Å²) in [5, 5.41) is 5.39. The molecular weight excluding hydrogens is 458 g/mol. The van der Waals surface area contributed by atoms with E-state index in [0.717, 1.165) is 37.0 Å². The summed E-state index contributed by atoms with van der Waals surface area (Å²) in [6.07, 6.45) is 9.23. The maximum atomic E-state index is 11.8. The van der Waals surface area contributed by atoms with E-state index < -0.39 is 6.09 Å². The number of imide groups is 1. The van der Waals surface area contributed by atoms with Gasteiger partial charge in [0.25, 0.3) is 0 Å². The Balaban J connectivity index is 1.31. The highest BCUT2D eigenvalue weighted by Gasteiger charge is 2.28. The van der Waals surface area contributed by atoms with Crippen LogP contribution in [0.2, 0.25) is 0 Å². The molecule has 1 fully saturated rings. The second-order valence-corrected chi connectivity index (χ2v) is 8.31. The fraction of sp³-hybridized carbons (Fsp3) is 0.750. The van der Waals surface area contributed by atoms with Crippen LogP contribution in [-0.2, 0) is 33.3 Å². The largest absolute Gasteiger partial charge is 0.446 e. The second kappa shape index (κ2) is 17.9. The average molecular weight is 498 g/mol. The van der Waals surface area contributed by atoms with Crippen LogP contribution in [0.15, 0.2) is 12.2 Å².